The number of hydrogen-bond donors (Lipinski definition) is 2. The Bertz CT molecular complexity index is 788. The molecule has 0 bridgehead atoms. The number of anilines is 1. The number of rotatable bonds is 3. The lowest BCUT2D eigenvalue weighted by Crippen LogP contribution is -2.13. The average molecular weight is 302 g/mol. The molecule has 0 saturated carbocycles. The second kappa shape index (κ2) is 6.39. The monoisotopic (exact) mass is 302 g/mol. The first kappa shape index (κ1) is 15.0. The molecule has 0 saturated heterocycles. The minimum Gasteiger partial charge on any atom is -0.384 e. The topological polar surface area (TPSA) is 79.3 Å². The predicted octanol–water partition coefficient (Wildman–Crippen LogP) is 1.53. The van der Waals surface area contributed by atoms with Crippen LogP contribution in [0.5, 0.6) is 0 Å². The molecule has 5 nitrogen and oxygen atoms in total. The van der Waals surface area contributed by atoms with Crippen molar-refractivity contribution in [3.05, 3.63) is 53.9 Å². The fourth-order valence-corrected chi connectivity index (χ4v) is 2.72. The summed E-state index contributed by atoms with van der Waals surface area (Å²) in [5.41, 5.74) is 1.92. The molecule has 0 unspecified atom stereocenters. The maximum atomic E-state index is 12.2. The number of aliphatic hydroxyl groups excluding tert-OH is 1. The molecule has 0 radical (unpaired) electrons. The van der Waals surface area contributed by atoms with Gasteiger partial charge in [0.15, 0.2) is 0 Å². The zero-order chi connectivity index (χ0) is 15.3. The van der Waals surface area contributed by atoms with Crippen molar-refractivity contribution in [3.8, 4) is 11.8 Å². The van der Waals surface area contributed by atoms with Crippen molar-refractivity contribution in [1.29, 1.82) is 0 Å². The van der Waals surface area contributed by atoms with Crippen LogP contribution in [0.1, 0.15) is 11.1 Å². The van der Waals surface area contributed by atoms with Crippen molar-refractivity contribution >= 4 is 15.7 Å². The molecule has 2 rings (SSSR count). The molecule has 108 valence electrons. The molecule has 0 fully saturated rings. The van der Waals surface area contributed by atoms with E-state index < -0.39 is 10.0 Å². The van der Waals surface area contributed by atoms with Gasteiger partial charge in [0.05, 0.1) is 16.8 Å². The molecule has 2 aromatic rings. The number of benzene rings is 1. The third kappa shape index (κ3) is 4.05. The van der Waals surface area contributed by atoms with Gasteiger partial charge in [0.1, 0.15) is 6.61 Å². The highest BCUT2D eigenvalue weighted by molar-refractivity contribution is 7.92. The highest BCUT2D eigenvalue weighted by Crippen LogP contribution is 2.16. The van der Waals surface area contributed by atoms with Crippen LogP contribution < -0.4 is 4.72 Å². The molecule has 0 aliphatic heterocycles. The number of nitrogens with zero attached hydrogens (tertiary/aromatic N) is 1. The minimum atomic E-state index is -3.65. The molecule has 0 spiro atoms. The zero-order valence-corrected chi connectivity index (χ0v) is 12.2. The summed E-state index contributed by atoms with van der Waals surface area (Å²) in [5, 5.41) is 8.61. The van der Waals surface area contributed by atoms with Crippen molar-refractivity contribution in [2.45, 2.75) is 11.8 Å². The number of sulfonamides is 1. The first-order valence-corrected chi connectivity index (χ1v) is 7.64. The van der Waals surface area contributed by atoms with Crippen molar-refractivity contribution < 1.29 is 13.5 Å². The van der Waals surface area contributed by atoms with Gasteiger partial charge in [-0.1, -0.05) is 11.8 Å². The lowest BCUT2D eigenvalue weighted by molar-refractivity contribution is 0.350. The summed E-state index contributed by atoms with van der Waals surface area (Å²) in [4.78, 5) is 4.08. The van der Waals surface area contributed by atoms with Crippen LogP contribution in [0.15, 0.2) is 47.6 Å². The maximum absolute atomic E-state index is 12.2. The van der Waals surface area contributed by atoms with E-state index in [0.717, 1.165) is 5.56 Å². The van der Waals surface area contributed by atoms with Gasteiger partial charge in [-0.05, 0) is 42.8 Å². The fourth-order valence-electron chi connectivity index (χ4n) is 1.68. The molecule has 0 amide bonds. The fraction of sp³-hybridized carbons (Fsp3) is 0.133. The van der Waals surface area contributed by atoms with E-state index in [1.165, 1.54) is 18.3 Å². The average Bonchev–Trinajstić information content (AvgIpc) is 2.45. The van der Waals surface area contributed by atoms with Gasteiger partial charge in [-0.2, -0.15) is 0 Å². The van der Waals surface area contributed by atoms with Gasteiger partial charge in [-0.3, -0.25) is 9.71 Å². The lowest BCUT2D eigenvalue weighted by atomic mass is 10.2. The second-order valence-corrected chi connectivity index (χ2v) is 6.02. The van der Waals surface area contributed by atoms with Gasteiger partial charge < -0.3 is 5.11 Å². The molecular weight excluding hydrogens is 288 g/mol. The van der Waals surface area contributed by atoms with Crippen LogP contribution in [-0.4, -0.2) is 25.1 Å². The van der Waals surface area contributed by atoms with Crippen molar-refractivity contribution in [1.82, 2.24) is 4.98 Å². The highest BCUT2D eigenvalue weighted by atomic mass is 32.2. The second-order valence-electron chi connectivity index (χ2n) is 4.34. The van der Waals surface area contributed by atoms with E-state index >= 15 is 0 Å². The van der Waals surface area contributed by atoms with E-state index in [4.69, 9.17) is 5.11 Å². The summed E-state index contributed by atoms with van der Waals surface area (Å²) in [5.74, 6) is 5.21. The third-order valence-electron chi connectivity index (χ3n) is 2.60. The number of aryl methyl sites for hydroxylation is 1. The molecule has 0 aliphatic carbocycles. The van der Waals surface area contributed by atoms with E-state index in [0.29, 0.717) is 11.3 Å². The Balaban J connectivity index is 2.23. The molecule has 0 atom stereocenters. The summed E-state index contributed by atoms with van der Waals surface area (Å²) in [6, 6.07) is 7.81. The summed E-state index contributed by atoms with van der Waals surface area (Å²) in [6.07, 6.45) is 3.10. The normalized spacial score (nSPS) is 10.6. The highest BCUT2D eigenvalue weighted by Gasteiger charge is 2.14. The Morgan fingerprint density at radius 2 is 1.95 bits per heavy atom. The molecular formula is C15H14N2O3S. The van der Waals surface area contributed by atoms with Gasteiger partial charge in [0, 0.05) is 11.8 Å². The van der Waals surface area contributed by atoms with E-state index in [2.05, 4.69) is 21.5 Å². The van der Waals surface area contributed by atoms with Crippen LogP contribution in [-0.2, 0) is 10.0 Å². The van der Waals surface area contributed by atoms with Crippen LogP contribution in [0.2, 0.25) is 0 Å². The van der Waals surface area contributed by atoms with Gasteiger partial charge in [0.25, 0.3) is 10.0 Å². The molecule has 1 aromatic carbocycles. The predicted molar refractivity (Wildman–Crippen MR) is 80.2 cm³/mol. The molecule has 6 heteroatoms. The van der Waals surface area contributed by atoms with E-state index in [1.807, 2.05) is 6.92 Å². The number of nitrogens with one attached hydrogen (secondary N) is 1. The summed E-state index contributed by atoms with van der Waals surface area (Å²) < 4.78 is 26.9. The first-order chi connectivity index (χ1) is 10.0. The number of aliphatic hydroxyl groups is 1. The summed E-state index contributed by atoms with van der Waals surface area (Å²) in [6.45, 7) is 1.60. The zero-order valence-electron chi connectivity index (χ0n) is 11.4. The molecule has 0 aliphatic rings. The Hall–Kier alpha value is -2.36. The Morgan fingerprint density at radius 1 is 1.24 bits per heavy atom. The summed E-state index contributed by atoms with van der Waals surface area (Å²) in [7, 11) is -3.65. The van der Waals surface area contributed by atoms with Gasteiger partial charge >= 0.3 is 0 Å². The van der Waals surface area contributed by atoms with Crippen LogP contribution >= 0.6 is 0 Å². The first-order valence-electron chi connectivity index (χ1n) is 6.15. The molecule has 2 N–H and O–H groups in total. The standard InChI is InChI=1S/C15H14N2O3S/c1-12-9-14(11-16-10-12)17-21(19,20)15-6-4-13(5-7-15)3-2-8-18/h4-7,9-11,17-18H,8H2,1H3. The lowest BCUT2D eigenvalue weighted by Gasteiger charge is -2.08. The van der Waals surface area contributed by atoms with Crippen LogP contribution in [0.25, 0.3) is 0 Å². The Morgan fingerprint density at radius 3 is 2.57 bits per heavy atom. The van der Waals surface area contributed by atoms with Crippen LogP contribution in [0.4, 0.5) is 5.69 Å². The van der Waals surface area contributed by atoms with Gasteiger partial charge in [0.2, 0.25) is 0 Å². The number of pyridine rings is 1. The number of hydrogen-bond acceptors (Lipinski definition) is 4. The Kier molecular flexibility index (Phi) is 4.58. The van der Waals surface area contributed by atoms with E-state index in [9.17, 15) is 8.42 Å². The quantitative estimate of drug-likeness (QED) is 0.843. The maximum Gasteiger partial charge on any atom is 0.261 e. The van der Waals surface area contributed by atoms with Crippen molar-refractivity contribution in [3.63, 3.8) is 0 Å². The largest absolute Gasteiger partial charge is 0.384 e. The smallest absolute Gasteiger partial charge is 0.261 e. The molecule has 21 heavy (non-hydrogen) atoms. The van der Waals surface area contributed by atoms with Crippen LogP contribution in [0, 0.1) is 18.8 Å². The van der Waals surface area contributed by atoms with E-state index in [1.54, 1.807) is 24.4 Å². The van der Waals surface area contributed by atoms with Crippen LogP contribution in [0.3, 0.4) is 0 Å². The van der Waals surface area contributed by atoms with Crippen molar-refractivity contribution in [2.75, 3.05) is 11.3 Å². The minimum absolute atomic E-state index is 0.138. The SMILES string of the molecule is Cc1cncc(NS(=O)(=O)c2ccc(C#CCO)cc2)c1. The molecule has 1 heterocycles. The van der Waals surface area contributed by atoms with Gasteiger partial charge in [-0.15, -0.1) is 0 Å². The van der Waals surface area contributed by atoms with E-state index in [-0.39, 0.29) is 11.5 Å². The van der Waals surface area contributed by atoms with Crippen molar-refractivity contribution in [2.24, 2.45) is 0 Å². The summed E-state index contributed by atoms with van der Waals surface area (Å²) >= 11 is 0. The molecule has 1 aromatic heterocycles. The third-order valence-corrected chi connectivity index (χ3v) is 4.00. The number of aromatic nitrogens is 1. The Labute approximate surface area is 123 Å². The van der Waals surface area contributed by atoms with Gasteiger partial charge in [-0.25, -0.2) is 8.42 Å².